The van der Waals surface area contributed by atoms with Gasteiger partial charge in [0, 0.05) is 55.7 Å². The number of rotatable bonds is 4. The molecule has 3 heterocycles. The summed E-state index contributed by atoms with van der Waals surface area (Å²) in [6, 6.07) is 16.8. The fourth-order valence-corrected chi connectivity index (χ4v) is 5.12. The van der Waals surface area contributed by atoms with E-state index in [1.54, 1.807) is 0 Å². The summed E-state index contributed by atoms with van der Waals surface area (Å²) in [5.74, 6) is 1.16. The van der Waals surface area contributed by atoms with Crippen LogP contribution in [-0.4, -0.2) is 59.9 Å². The molecule has 0 amide bonds. The zero-order valence-corrected chi connectivity index (χ0v) is 16.3. The second kappa shape index (κ2) is 6.99. The number of piperidine rings is 1. The number of benzene rings is 2. The highest BCUT2D eigenvalue weighted by atomic mass is 16.5. The Labute approximate surface area is 165 Å². The number of aromatic nitrogens is 1. The molecule has 1 spiro atoms. The van der Waals surface area contributed by atoms with Gasteiger partial charge in [0.2, 0.25) is 0 Å². The van der Waals surface area contributed by atoms with Gasteiger partial charge < -0.3 is 14.5 Å². The van der Waals surface area contributed by atoms with Gasteiger partial charge in [-0.2, -0.15) is 0 Å². The van der Waals surface area contributed by atoms with Gasteiger partial charge in [-0.3, -0.25) is 4.90 Å². The summed E-state index contributed by atoms with van der Waals surface area (Å²) < 4.78 is 5.65. The van der Waals surface area contributed by atoms with E-state index in [-0.39, 0.29) is 6.61 Å². The van der Waals surface area contributed by atoms with Crippen molar-refractivity contribution >= 4 is 10.8 Å². The highest BCUT2D eigenvalue weighted by molar-refractivity contribution is 5.86. The van der Waals surface area contributed by atoms with E-state index in [2.05, 4.69) is 70.5 Å². The van der Waals surface area contributed by atoms with Crippen molar-refractivity contribution in [3.8, 4) is 11.3 Å². The van der Waals surface area contributed by atoms with Crippen LogP contribution in [-0.2, 0) is 6.54 Å². The SMILES string of the molecule is CN1CC2(CCN(Cc3cc(-c4ccc5ccccc5c4)on3)CC2CO)C1. The molecule has 2 fully saturated rings. The Hall–Kier alpha value is -2.21. The summed E-state index contributed by atoms with van der Waals surface area (Å²) >= 11 is 0. The van der Waals surface area contributed by atoms with Gasteiger partial charge in [0.15, 0.2) is 5.76 Å². The molecule has 5 nitrogen and oxygen atoms in total. The molecule has 1 atom stereocenters. The van der Waals surface area contributed by atoms with Crippen molar-refractivity contribution in [3.63, 3.8) is 0 Å². The Kier molecular flexibility index (Phi) is 4.46. The normalized spacial score (nSPS) is 22.6. The van der Waals surface area contributed by atoms with E-state index in [9.17, 15) is 5.11 Å². The van der Waals surface area contributed by atoms with E-state index in [0.717, 1.165) is 56.2 Å². The lowest BCUT2D eigenvalue weighted by atomic mass is 9.65. The number of aliphatic hydroxyl groups is 1. The minimum absolute atomic E-state index is 0.269. The van der Waals surface area contributed by atoms with E-state index in [4.69, 9.17) is 4.52 Å². The standard InChI is InChI=1S/C23H27N3O2/c1-25-15-23(16-25)8-9-26(12-20(23)14-27)13-21-11-22(28-24-21)19-7-6-17-4-2-3-5-18(17)10-19/h2-7,10-11,20,27H,8-9,12-16H2,1H3. The van der Waals surface area contributed by atoms with Crippen molar-refractivity contribution in [1.29, 1.82) is 0 Å². The van der Waals surface area contributed by atoms with Gasteiger partial charge in [0.05, 0.1) is 5.69 Å². The van der Waals surface area contributed by atoms with E-state index < -0.39 is 0 Å². The van der Waals surface area contributed by atoms with Crippen LogP contribution in [0.25, 0.3) is 22.1 Å². The van der Waals surface area contributed by atoms with Gasteiger partial charge in [-0.15, -0.1) is 0 Å². The molecule has 0 aliphatic carbocycles. The molecule has 2 aliphatic heterocycles. The van der Waals surface area contributed by atoms with Crippen LogP contribution in [0, 0.1) is 11.3 Å². The van der Waals surface area contributed by atoms with Crippen molar-refractivity contribution in [1.82, 2.24) is 15.0 Å². The molecule has 2 saturated heterocycles. The summed E-state index contributed by atoms with van der Waals surface area (Å²) in [6.07, 6.45) is 1.15. The molecule has 146 valence electrons. The Bertz CT molecular complexity index is 977. The van der Waals surface area contributed by atoms with E-state index in [0.29, 0.717) is 11.3 Å². The maximum atomic E-state index is 9.92. The quantitative estimate of drug-likeness (QED) is 0.756. The number of likely N-dealkylation sites (tertiary alicyclic amines) is 2. The molecular formula is C23H27N3O2. The third-order valence-electron chi connectivity index (χ3n) is 6.64. The third kappa shape index (κ3) is 3.13. The van der Waals surface area contributed by atoms with Crippen LogP contribution in [0.2, 0.25) is 0 Å². The van der Waals surface area contributed by atoms with Crippen LogP contribution in [0.15, 0.2) is 53.1 Å². The van der Waals surface area contributed by atoms with Gasteiger partial charge in [-0.25, -0.2) is 0 Å². The van der Waals surface area contributed by atoms with Crippen LogP contribution in [0.5, 0.6) is 0 Å². The van der Waals surface area contributed by atoms with E-state index in [1.165, 1.54) is 10.8 Å². The smallest absolute Gasteiger partial charge is 0.167 e. The lowest BCUT2D eigenvalue weighted by Crippen LogP contribution is -2.64. The van der Waals surface area contributed by atoms with Crippen LogP contribution in [0.3, 0.4) is 0 Å². The minimum Gasteiger partial charge on any atom is -0.396 e. The third-order valence-corrected chi connectivity index (χ3v) is 6.64. The van der Waals surface area contributed by atoms with Crippen molar-refractivity contribution in [2.75, 3.05) is 39.8 Å². The molecule has 28 heavy (non-hydrogen) atoms. The Morgan fingerprint density at radius 3 is 2.75 bits per heavy atom. The molecule has 2 aromatic carbocycles. The maximum Gasteiger partial charge on any atom is 0.167 e. The van der Waals surface area contributed by atoms with Crippen molar-refractivity contribution in [3.05, 3.63) is 54.2 Å². The van der Waals surface area contributed by atoms with Crippen molar-refractivity contribution in [2.45, 2.75) is 13.0 Å². The monoisotopic (exact) mass is 377 g/mol. The van der Waals surface area contributed by atoms with E-state index >= 15 is 0 Å². The second-order valence-electron chi connectivity index (χ2n) is 8.64. The number of fused-ring (bicyclic) bond motifs is 1. The highest BCUT2D eigenvalue weighted by Gasteiger charge is 2.49. The summed E-state index contributed by atoms with van der Waals surface area (Å²) in [7, 11) is 2.16. The number of hydrogen-bond acceptors (Lipinski definition) is 5. The topological polar surface area (TPSA) is 52.7 Å². The molecule has 5 rings (SSSR count). The van der Waals surface area contributed by atoms with Gasteiger partial charge in [0.1, 0.15) is 0 Å². The lowest BCUT2D eigenvalue weighted by Gasteiger charge is -2.57. The van der Waals surface area contributed by atoms with Gasteiger partial charge in [-0.05, 0) is 36.9 Å². The molecule has 0 bridgehead atoms. The fraction of sp³-hybridized carbons (Fsp3) is 0.435. The first-order valence-corrected chi connectivity index (χ1v) is 10.1. The van der Waals surface area contributed by atoms with Crippen LogP contribution < -0.4 is 0 Å². The maximum absolute atomic E-state index is 9.92. The summed E-state index contributed by atoms with van der Waals surface area (Å²) in [5, 5.41) is 16.7. The Morgan fingerprint density at radius 1 is 1.14 bits per heavy atom. The largest absolute Gasteiger partial charge is 0.396 e. The molecule has 5 heteroatoms. The molecule has 1 unspecified atom stereocenters. The molecule has 1 aromatic heterocycles. The zero-order chi connectivity index (χ0) is 19.1. The number of hydrogen-bond donors (Lipinski definition) is 1. The zero-order valence-electron chi connectivity index (χ0n) is 16.3. The summed E-state index contributed by atoms with van der Waals surface area (Å²) in [6.45, 7) is 5.26. The van der Waals surface area contributed by atoms with E-state index in [1.807, 2.05) is 0 Å². The van der Waals surface area contributed by atoms with Crippen molar-refractivity contribution < 1.29 is 9.63 Å². The van der Waals surface area contributed by atoms with Gasteiger partial charge in [-0.1, -0.05) is 41.6 Å². The first-order chi connectivity index (χ1) is 13.6. The van der Waals surface area contributed by atoms with Gasteiger partial charge in [0.25, 0.3) is 0 Å². The number of nitrogens with zero attached hydrogens (tertiary/aromatic N) is 3. The molecule has 0 saturated carbocycles. The molecule has 0 radical (unpaired) electrons. The number of aliphatic hydroxyl groups excluding tert-OH is 1. The molecule has 3 aromatic rings. The van der Waals surface area contributed by atoms with Crippen LogP contribution in [0.4, 0.5) is 0 Å². The molecular weight excluding hydrogens is 350 g/mol. The van der Waals surface area contributed by atoms with Crippen molar-refractivity contribution in [2.24, 2.45) is 11.3 Å². The van der Waals surface area contributed by atoms with Crippen LogP contribution in [0.1, 0.15) is 12.1 Å². The fourth-order valence-electron chi connectivity index (χ4n) is 5.12. The first kappa shape index (κ1) is 17.9. The Morgan fingerprint density at radius 2 is 1.96 bits per heavy atom. The highest BCUT2D eigenvalue weighted by Crippen LogP contribution is 2.43. The first-order valence-electron chi connectivity index (χ1n) is 10.1. The molecule has 2 aliphatic rings. The average molecular weight is 377 g/mol. The average Bonchev–Trinajstić information content (AvgIpc) is 3.16. The second-order valence-corrected chi connectivity index (χ2v) is 8.64. The van der Waals surface area contributed by atoms with Gasteiger partial charge >= 0.3 is 0 Å². The summed E-state index contributed by atoms with van der Waals surface area (Å²) in [4.78, 5) is 4.76. The summed E-state index contributed by atoms with van der Waals surface area (Å²) in [5.41, 5.74) is 2.34. The predicted molar refractivity (Wildman–Crippen MR) is 110 cm³/mol. The lowest BCUT2D eigenvalue weighted by molar-refractivity contribution is -0.0968. The van der Waals surface area contributed by atoms with Crippen LogP contribution >= 0.6 is 0 Å². The molecule has 1 N–H and O–H groups in total. The predicted octanol–water partition coefficient (Wildman–Crippen LogP) is 3.24. The minimum atomic E-state index is 0.269. The Balaban J connectivity index is 1.29.